The quantitative estimate of drug-likeness (QED) is 0.0191. The monoisotopic (exact) mass is 965 g/mol. The van der Waals surface area contributed by atoms with E-state index in [1.807, 2.05) is 0 Å². The molecule has 0 bridgehead atoms. The number of hydrogen-bond donors (Lipinski definition) is 6. The van der Waals surface area contributed by atoms with Gasteiger partial charge in [0.15, 0.2) is 6.10 Å². The van der Waals surface area contributed by atoms with Crippen molar-refractivity contribution >= 4 is 19.8 Å². The number of esters is 2. The molecule has 0 aromatic carbocycles. The summed E-state index contributed by atoms with van der Waals surface area (Å²) < 4.78 is 33.7. The molecule has 0 heterocycles. The second kappa shape index (κ2) is 42.7. The van der Waals surface area contributed by atoms with Crippen LogP contribution in [0.2, 0.25) is 0 Å². The molecule has 392 valence electrons. The minimum absolute atomic E-state index is 0.106. The van der Waals surface area contributed by atoms with Crippen molar-refractivity contribution in [3.8, 4) is 0 Å². The molecule has 0 amide bonds. The molecule has 1 aliphatic rings. The lowest BCUT2D eigenvalue weighted by molar-refractivity contribution is -0.220. The van der Waals surface area contributed by atoms with E-state index in [0.29, 0.717) is 12.8 Å². The standard InChI is InChI=1S/C52H101O13P/c1-3-5-7-9-11-13-15-17-19-21-22-23-24-25-27-29-31-33-35-37-39-41-46(54)64-44(43-63-66(60,61)65-52-50(58)48(56)47(55)49(57)51(52)59)42-62-45(53)40-38-36-34-32-30-28-26-20-18-16-14-12-10-8-6-4-2/h44,47-52,55-59H,3-43H2,1-2H3,(H,60,61)/t44-,47?,48-,49?,50?,51?,52?/m1/s1. The van der Waals surface area contributed by atoms with Gasteiger partial charge in [0.2, 0.25) is 0 Å². The highest BCUT2D eigenvalue weighted by Gasteiger charge is 2.51. The smallest absolute Gasteiger partial charge is 0.462 e. The molecule has 1 aliphatic carbocycles. The molecule has 0 radical (unpaired) electrons. The lowest BCUT2D eigenvalue weighted by Crippen LogP contribution is -2.64. The van der Waals surface area contributed by atoms with E-state index in [0.717, 1.165) is 38.5 Å². The highest BCUT2D eigenvalue weighted by atomic mass is 31.2. The minimum atomic E-state index is -5.12. The van der Waals surface area contributed by atoms with Crippen molar-refractivity contribution in [3.63, 3.8) is 0 Å². The van der Waals surface area contributed by atoms with E-state index < -0.39 is 75.7 Å². The van der Waals surface area contributed by atoms with Gasteiger partial charge in [0.05, 0.1) is 6.61 Å². The third-order valence-electron chi connectivity index (χ3n) is 13.2. The zero-order valence-electron chi connectivity index (χ0n) is 42.0. The summed E-state index contributed by atoms with van der Waals surface area (Å²) in [6.07, 6.45) is 32.9. The van der Waals surface area contributed by atoms with Crippen LogP contribution in [0.5, 0.6) is 0 Å². The molecular formula is C52H101O13P. The van der Waals surface area contributed by atoms with Gasteiger partial charge in [-0.15, -0.1) is 0 Å². The second-order valence-electron chi connectivity index (χ2n) is 19.5. The molecule has 0 aliphatic heterocycles. The maximum atomic E-state index is 12.9. The Kier molecular flexibility index (Phi) is 40.7. The Labute approximate surface area is 401 Å². The average Bonchev–Trinajstić information content (AvgIpc) is 3.30. The van der Waals surface area contributed by atoms with Crippen LogP contribution in [-0.4, -0.2) is 98.3 Å². The van der Waals surface area contributed by atoms with Gasteiger partial charge in [-0.25, -0.2) is 4.57 Å². The Balaban J connectivity index is 2.34. The molecule has 0 aromatic rings. The molecular weight excluding hydrogens is 864 g/mol. The zero-order valence-corrected chi connectivity index (χ0v) is 42.9. The number of phosphoric acid groups is 1. The van der Waals surface area contributed by atoms with Crippen LogP contribution >= 0.6 is 7.82 Å². The molecule has 13 nitrogen and oxygen atoms in total. The lowest BCUT2D eigenvalue weighted by Gasteiger charge is -2.41. The first-order valence-electron chi connectivity index (χ1n) is 27.3. The molecule has 14 heteroatoms. The number of hydrogen-bond acceptors (Lipinski definition) is 12. The first-order valence-corrected chi connectivity index (χ1v) is 28.8. The Morgan fingerprint density at radius 1 is 0.409 bits per heavy atom. The van der Waals surface area contributed by atoms with Gasteiger partial charge in [-0.3, -0.25) is 18.6 Å². The maximum Gasteiger partial charge on any atom is 0.472 e. The molecule has 8 atom stereocenters. The zero-order chi connectivity index (χ0) is 48.5. The third-order valence-corrected chi connectivity index (χ3v) is 14.2. The molecule has 0 spiro atoms. The number of aliphatic hydroxyl groups is 5. The van der Waals surface area contributed by atoms with Crippen LogP contribution < -0.4 is 0 Å². The number of ether oxygens (including phenoxy) is 2. The fourth-order valence-electron chi connectivity index (χ4n) is 8.82. The molecule has 1 saturated carbocycles. The number of aliphatic hydroxyl groups excluding tert-OH is 5. The average molecular weight is 965 g/mol. The van der Waals surface area contributed by atoms with Crippen molar-refractivity contribution in [3.05, 3.63) is 0 Å². The number of carbonyl (C=O) groups is 2. The summed E-state index contributed by atoms with van der Waals surface area (Å²) in [5.74, 6) is -1.08. The predicted molar refractivity (Wildman–Crippen MR) is 263 cm³/mol. The van der Waals surface area contributed by atoms with Crippen molar-refractivity contribution < 1.29 is 63.1 Å². The third kappa shape index (κ3) is 34.2. The fourth-order valence-corrected chi connectivity index (χ4v) is 9.79. The topological polar surface area (TPSA) is 210 Å². The van der Waals surface area contributed by atoms with Gasteiger partial charge in [-0.05, 0) is 12.8 Å². The van der Waals surface area contributed by atoms with E-state index in [4.69, 9.17) is 18.5 Å². The number of rotatable bonds is 47. The Morgan fingerprint density at radius 3 is 1.00 bits per heavy atom. The molecule has 0 aromatic heterocycles. The van der Waals surface area contributed by atoms with Gasteiger partial charge in [0, 0.05) is 12.8 Å². The van der Waals surface area contributed by atoms with Crippen molar-refractivity contribution in [2.75, 3.05) is 13.2 Å². The largest absolute Gasteiger partial charge is 0.472 e. The highest BCUT2D eigenvalue weighted by Crippen LogP contribution is 2.47. The van der Waals surface area contributed by atoms with E-state index >= 15 is 0 Å². The summed E-state index contributed by atoms with van der Waals surface area (Å²) in [5.41, 5.74) is 0. The Morgan fingerprint density at radius 2 is 0.682 bits per heavy atom. The Hall–Kier alpha value is -1.15. The van der Waals surface area contributed by atoms with Gasteiger partial charge >= 0.3 is 19.8 Å². The van der Waals surface area contributed by atoms with Crippen molar-refractivity contribution in [1.29, 1.82) is 0 Å². The number of phosphoric ester groups is 1. The molecule has 6 N–H and O–H groups in total. The van der Waals surface area contributed by atoms with Crippen LogP contribution in [0.25, 0.3) is 0 Å². The van der Waals surface area contributed by atoms with Gasteiger partial charge in [0.25, 0.3) is 0 Å². The van der Waals surface area contributed by atoms with Crippen LogP contribution in [-0.2, 0) is 32.7 Å². The van der Waals surface area contributed by atoms with Gasteiger partial charge < -0.3 is 39.9 Å². The lowest BCUT2D eigenvalue weighted by atomic mass is 9.85. The highest BCUT2D eigenvalue weighted by molar-refractivity contribution is 7.47. The first-order chi connectivity index (χ1) is 31.9. The van der Waals surface area contributed by atoms with Crippen LogP contribution in [0.4, 0.5) is 0 Å². The number of unbranched alkanes of at least 4 members (excludes halogenated alkanes) is 35. The van der Waals surface area contributed by atoms with E-state index in [-0.39, 0.29) is 12.8 Å². The predicted octanol–water partition coefficient (Wildman–Crippen LogP) is 12.0. The van der Waals surface area contributed by atoms with Gasteiger partial charge in [-0.2, -0.15) is 0 Å². The second-order valence-corrected chi connectivity index (χ2v) is 20.9. The van der Waals surface area contributed by atoms with Crippen LogP contribution in [0, 0.1) is 0 Å². The normalized spacial score (nSPS) is 21.2. The molecule has 6 unspecified atom stereocenters. The summed E-state index contributed by atoms with van der Waals surface area (Å²) in [6, 6.07) is 0. The summed E-state index contributed by atoms with van der Waals surface area (Å²) in [4.78, 5) is 35.9. The van der Waals surface area contributed by atoms with Crippen molar-refractivity contribution in [2.24, 2.45) is 0 Å². The van der Waals surface area contributed by atoms with Crippen LogP contribution in [0.1, 0.15) is 264 Å². The van der Waals surface area contributed by atoms with E-state index in [9.17, 15) is 44.6 Å². The van der Waals surface area contributed by atoms with Crippen molar-refractivity contribution in [1.82, 2.24) is 0 Å². The molecule has 0 saturated heterocycles. The SMILES string of the molecule is CCCCCCCCCCCCCCCCCCCCCCCC(=O)O[C@H](COC(=O)CCCCCCCCCCCCCCCCCC)COP(=O)(O)OC1C(O)C(O)C(O)[C@@H](O)C1O. The molecule has 66 heavy (non-hydrogen) atoms. The van der Waals surface area contributed by atoms with E-state index in [2.05, 4.69) is 13.8 Å². The fraction of sp³-hybridized carbons (Fsp3) is 0.962. The Bertz CT molecular complexity index is 1160. The van der Waals surface area contributed by atoms with Gasteiger partial charge in [-0.1, -0.05) is 239 Å². The first kappa shape index (κ1) is 62.9. The van der Waals surface area contributed by atoms with Crippen molar-refractivity contribution in [2.45, 2.75) is 307 Å². The minimum Gasteiger partial charge on any atom is -0.462 e. The van der Waals surface area contributed by atoms with Crippen LogP contribution in [0.3, 0.4) is 0 Å². The summed E-state index contributed by atoms with van der Waals surface area (Å²) >= 11 is 0. The van der Waals surface area contributed by atoms with E-state index in [1.54, 1.807) is 0 Å². The van der Waals surface area contributed by atoms with E-state index in [1.165, 1.54) is 186 Å². The molecule has 1 rings (SSSR count). The maximum absolute atomic E-state index is 12.9. The summed E-state index contributed by atoms with van der Waals surface area (Å²) in [7, 11) is -5.12. The van der Waals surface area contributed by atoms with Crippen LogP contribution in [0.15, 0.2) is 0 Å². The number of carbonyl (C=O) groups excluding carboxylic acids is 2. The molecule has 1 fully saturated rings. The van der Waals surface area contributed by atoms with Gasteiger partial charge in [0.1, 0.15) is 43.2 Å². The summed E-state index contributed by atoms with van der Waals surface area (Å²) in [6.45, 7) is 3.36. The summed E-state index contributed by atoms with van der Waals surface area (Å²) in [5, 5.41) is 50.3.